The lowest BCUT2D eigenvalue weighted by Crippen LogP contribution is -2.38. The number of thioether (sulfide) groups is 1. The summed E-state index contributed by atoms with van der Waals surface area (Å²) < 4.78 is 0. The van der Waals surface area contributed by atoms with Crippen molar-refractivity contribution < 1.29 is 5.11 Å². The number of nitrogens with zero attached hydrogens (tertiary/aromatic N) is 1. The molecule has 0 spiro atoms. The van der Waals surface area contributed by atoms with Crippen molar-refractivity contribution in [1.82, 2.24) is 0 Å². The zero-order valence-electron chi connectivity index (χ0n) is 10.8. The van der Waals surface area contributed by atoms with Crippen LogP contribution in [0.1, 0.15) is 19.8 Å². The minimum absolute atomic E-state index is 0.227. The van der Waals surface area contributed by atoms with Crippen molar-refractivity contribution in [2.45, 2.75) is 25.8 Å². The van der Waals surface area contributed by atoms with Crippen LogP contribution in [0.3, 0.4) is 0 Å². The summed E-state index contributed by atoms with van der Waals surface area (Å²) in [5.41, 5.74) is 1.22. The van der Waals surface area contributed by atoms with E-state index in [1.807, 2.05) is 17.8 Å². The maximum absolute atomic E-state index is 9.47. The lowest BCUT2D eigenvalue weighted by atomic mass is 10.1. The van der Waals surface area contributed by atoms with Crippen LogP contribution in [-0.4, -0.2) is 36.3 Å². The zero-order valence-corrected chi connectivity index (χ0v) is 11.6. The first-order valence-electron chi connectivity index (χ1n) is 6.25. The molecule has 1 atom stereocenters. The Kier molecular flexibility index (Phi) is 7.13. The van der Waals surface area contributed by atoms with Crippen LogP contribution in [0, 0.1) is 0 Å². The van der Waals surface area contributed by atoms with Gasteiger partial charge in [0.2, 0.25) is 0 Å². The molecule has 0 saturated carbocycles. The third kappa shape index (κ3) is 4.60. The van der Waals surface area contributed by atoms with E-state index in [2.05, 4.69) is 42.3 Å². The predicted octanol–water partition coefficient (Wildman–Crippen LogP) is 3.02. The molecule has 96 valence electrons. The number of anilines is 1. The maximum Gasteiger partial charge on any atom is 0.0634 e. The van der Waals surface area contributed by atoms with Gasteiger partial charge >= 0.3 is 0 Å². The Balaban J connectivity index is 2.71. The molecule has 0 bridgehead atoms. The van der Waals surface area contributed by atoms with E-state index in [1.165, 1.54) is 11.4 Å². The molecule has 17 heavy (non-hydrogen) atoms. The van der Waals surface area contributed by atoms with Gasteiger partial charge in [0.15, 0.2) is 0 Å². The first kappa shape index (κ1) is 14.4. The third-order valence-electron chi connectivity index (χ3n) is 2.96. The van der Waals surface area contributed by atoms with Gasteiger partial charge in [-0.2, -0.15) is 11.8 Å². The van der Waals surface area contributed by atoms with E-state index in [0.29, 0.717) is 0 Å². The van der Waals surface area contributed by atoms with Crippen LogP contribution < -0.4 is 4.90 Å². The monoisotopic (exact) mass is 253 g/mol. The summed E-state index contributed by atoms with van der Waals surface area (Å²) >= 11 is 1.88. The fourth-order valence-corrected chi connectivity index (χ4v) is 2.39. The van der Waals surface area contributed by atoms with Crippen molar-refractivity contribution in [2.75, 3.05) is 30.1 Å². The molecule has 1 rings (SSSR count). The van der Waals surface area contributed by atoms with Gasteiger partial charge in [-0.15, -0.1) is 0 Å². The molecular weight excluding hydrogens is 230 g/mol. The molecular formula is C14H23NOS. The van der Waals surface area contributed by atoms with Crippen LogP contribution in [0.5, 0.6) is 0 Å². The Morgan fingerprint density at radius 2 is 2.00 bits per heavy atom. The Bertz CT molecular complexity index is 288. The van der Waals surface area contributed by atoms with Gasteiger partial charge in [-0.1, -0.05) is 25.1 Å². The summed E-state index contributed by atoms with van der Waals surface area (Å²) in [5, 5.41) is 9.47. The van der Waals surface area contributed by atoms with E-state index in [9.17, 15) is 5.11 Å². The quantitative estimate of drug-likeness (QED) is 0.720. The molecule has 0 saturated heterocycles. The minimum Gasteiger partial charge on any atom is -0.394 e. The molecule has 0 aromatic heterocycles. The average molecular weight is 253 g/mol. The van der Waals surface area contributed by atoms with E-state index >= 15 is 0 Å². The SMILES string of the molecule is CCC(CO)N(CCCSC)c1ccccc1. The summed E-state index contributed by atoms with van der Waals surface area (Å²) in [6.07, 6.45) is 4.27. The van der Waals surface area contributed by atoms with Crippen LogP contribution in [0.2, 0.25) is 0 Å². The number of benzene rings is 1. The Morgan fingerprint density at radius 3 is 2.53 bits per heavy atom. The van der Waals surface area contributed by atoms with Gasteiger partial charge in [0.1, 0.15) is 0 Å². The third-order valence-corrected chi connectivity index (χ3v) is 3.66. The molecule has 0 heterocycles. The summed E-state index contributed by atoms with van der Waals surface area (Å²) in [5.74, 6) is 1.17. The fourth-order valence-electron chi connectivity index (χ4n) is 1.97. The molecule has 1 unspecified atom stereocenters. The molecule has 0 aliphatic heterocycles. The highest BCUT2D eigenvalue weighted by Crippen LogP contribution is 2.18. The standard InChI is InChI=1S/C14H23NOS/c1-3-13(12-16)15(10-7-11-17-2)14-8-5-4-6-9-14/h4-6,8-9,13,16H,3,7,10-12H2,1-2H3. The van der Waals surface area contributed by atoms with E-state index < -0.39 is 0 Å². The zero-order chi connectivity index (χ0) is 12.5. The van der Waals surface area contributed by atoms with Gasteiger partial charge in [0.05, 0.1) is 12.6 Å². The van der Waals surface area contributed by atoms with Gasteiger partial charge in [0, 0.05) is 12.2 Å². The summed E-state index contributed by atoms with van der Waals surface area (Å²) in [4.78, 5) is 2.33. The fraction of sp³-hybridized carbons (Fsp3) is 0.571. The van der Waals surface area contributed by atoms with Gasteiger partial charge in [-0.25, -0.2) is 0 Å². The van der Waals surface area contributed by atoms with Crippen LogP contribution in [0.4, 0.5) is 5.69 Å². The van der Waals surface area contributed by atoms with E-state index in [-0.39, 0.29) is 12.6 Å². The van der Waals surface area contributed by atoms with E-state index in [0.717, 1.165) is 19.4 Å². The number of aliphatic hydroxyl groups excluding tert-OH is 1. The van der Waals surface area contributed by atoms with E-state index in [4.69, 9.17) is 0 Å². The highest BCUT2D eigenvalue weighted by Gasteiger charge is 2.15. The topological polar surface area (TPSA) is 23.5 Å². The molecule has 0 fully saturated rings. The molecule has 0 aliphatic rings. The Labute approximate surface area is 109 Å². The number of para-hydroxylation sites is 1. The van der Waals surface area contributed by atoms with Crippen LogP contribution >= 0.6 is 11.8 Å². The second-order valence-corrected chi connectivity index (χ2v) is 5.11. The van der Waals surface area contributed by atoms with Gasteiger partial charge in [0.25, 0.3) is 0 Å². The molecule has 1 aromatic rings. The lowest BCUT2D eigenvalue weighted by Gasteiger charge is -2.32. The first-order valence-corrected chi connectivity index (χ1v) is 7.64. The van der Waals surface area contributed by atoms with E-state index in [1.54, 1.807) is 0 Å². The summed E-state index contributed by atoms with van der Waals surface area (Å²) in [6, 6.07) is 10.6. The molecule has 1 N–H and O–H groups in total. The van der Waals surface area contributed by atoms with Gasteiger partial charge in [-0.05, 0) is 37.0 Å². The highest BCUT2D eigenvalue weighted by atomic mass is 32.2. The average Bonchev–Trinajstić information content (AvgIpc) is 2.39. The number of aliphatic hydroxyl groups is 1. The minimum atomic E-state index is 0.227. The first-order chi connectivity index (χ1) is 8.33. The molecule has 0 radical (unpaired) electrons. The largest absolute Gasteiger partial charge is 0.394 e. The molecule has 0 amide bonds. The van der Waals surface area contributed by atoms with Crippen LogP contribution in [0.15, 0.2) is 30.3 Å². The van der Waals surface area contributed by atoms with Crippen molar-refractivity contribution in [3.05, 3.63) is 30.3 Å². The number of hydrogen-bond donors (Lipinski definition) is 1. The Hall–Kier alpha value is -0.670. The molecule has 1 aromatic carbocycles. The maximum atomic E-state index is 9.47. The van der Waals surface area contributed by atoms with Gasteiger partial charge in [-0.3, -0.25) is 0 Å². The van der Waals surface area contributed by atoms with Crippen LogP contribution in [-0.2, 0) is 0 Å². The van der Waals surface area contributed by atoms with Gasteiger partial charge < -0.3 is 10.0 Å². The summed E-state index contributed by atoms with van der Waals surface area (Å²) in [7, 11) is 0. The summed E-state index contributed by atoms with van der Waals surface area (Å²) in [6.45, 7) is 3.37. The lowest BCUT2D eigenvalue weighted by molar-refractivity contribution is 0.255. The molecule has 3 heteroatoms. The highest BCUT2D eigenvalue weighted by molar-refractivity contribution is 7.98. The molecule has 0 aliphatic carbocycles. The predicted molar refractivity (Wildman–Crippen MR) is 78.0 cm³/mol. The second kappa shape index (κ2) is 8.43. The molecule has 2 nitrogen and oxygen atoms in total. The number of hydrogen-bond acceptors (Lipinski definition) is 3. The normalized spacial score (nSPS) is 12.4. The van der Waals surface area contributed by atoms with Crippen molar-refractivity contribution >= 4 is 17.4 Å². The van der Waals surface area contributed by atoms with Crippen molar-refractivity contribution in [1.29, 1.82) is 0 Å². The Morgan fingerprint density at radius 1 is 1.29 bits per heavy atom. The number of rotatable bonds is 8. The van der Waals surface area contributed by atoms with Crippen LogP contribution in [0.25, 0.3) is 0 Å². The van der Waals surface area contributed by atoms with Crippen molar-refractivity contribution in [3.8, 4) is 0 Å². The smallest absolute Gasteiger partial charge is 0.0634 e. The van der Waals surface area contributed by atoms with Crippen molar-refractivity contribution in [2.24, 2.45) is 0 Å². The van der Waals surface area contributed by atoms with Crippen molar-refractivity contribution in [3.63, 3.8) is 0 Å². The second-order valence-electron chi connectivity index (χ2n) is 4.12.